The van der Waals surface area contributed by atoms with Gasteiger partial charge in [-0.1, -0.05) is 20.8 Å². The first-order valence-electron chi connectivity index (χ1n) is 5.98. The Kier molecular flexibility index (Phi) is 3.11. The second-order valence-corrected chi connectivity index (χ2v) is 5.38. The normalized spacial score (nSPS) is 11.6. The summed E-state index contributed by atoms with van der Waals surface area (Å²) >= 11 is 0. The molecule has 18 heavy (non-hydrogen) atoms. The van der Waals surface area contributed by atoms with E-state index in [1.807, 2.05) is 35.9 Å². The van der Waals surface area contributed by atoms with Gasteiger partial charge < -0.3 is 9.30 Å². The van der Waals surface area contributed by atoms with Crippen LogP contribution >= 0.6 is 0 Å². The van der Waals surface area contributed by atoms with Crippen LogP contribution in [0.25, 0.3) is 11.4 Å². The van der Waals surface area contributed by atoms with Gasteiger partial charge in [0.05, 0.1) is 7.11 Å². The lowest BCUT2D eigenvalue weighted by molar-refractivity contribution is 0.415. The van der Waals surface area contributed by atoms with Gasteiger partial charge in [0, 0.05) is 18.0 Å². The summed E-state index contributed by atoms with van der Waals surface area (Å²) in [7, 11) is 3.66. The lowest BCUT2D eigenvalue weighted by Gasteiger charge is -2.17. The van der Waals surface area contributed by atoms with E-state index in [9.17, 15) is 0 Å². The number of aromatic nitrogens is 3. The third kappa shape index (κ3) is 2.23. The molecule has 0 N–H and O–H groups in total. The van der Waals surface area contributed by atoms with Crippen molar-refractivity contribution in [3.8, 4) is 17.1 Å². The predicted octanol–water partition coefficient (Wildman–Crippen LogP) is 2.79. The molecule has 1 aromatic heterocycles. The molecule has 4 nitrogen and oxygen atoms in total. The molecule has 2 aromatic rings. The maximum Gasteiger partial charge on any atom is 0.163 e. The smallest absolute Gasteiger partial charge is 0.163 e. The molecular formula is C14H19N3O. The Morgan fingerprint density at radius 2 is 1.67 bits per heavy atom. The second-order valence-electron chi connectivity index (χ2n) is 5.38. The number of nitrogens with zero attached hydrogens (tertiary/aromatic N) is 3. The summed E-state index contributed by atoms with van der Waals surface area (Å²) < 4.78 is 7.20. The standard InChI is InChI=1S/C14H19N3O/c1-14(2,3)13-16-15-12(17(13)4)10-6-8-11(18-5)9-7-10/h6-9H,1-5H3. The summed E-state index contributed by atoms with van der Waals surface area (Å²) in [6.07, 6.45) is 0. The maximum absolute atomic E-state index is 5.15. The van der Waals surface area contributed by atoms with Crippen LogP contribution in [-0.4, -0.2) is 21.9 Å². The molecule has 0 aliphatic heterocycles. The largest absolute Gasteiger partial charge is 0.497 e. The topological polar surface area (TPSA) is 39.9 Å². The summed E-state index contributed by atoms with van der Waals surface area (Å²) in [5, 5.41) is 8.57. The zero-order valence-corrected chi connectivity index (χ0v) is 11.6. The molecule has 4 heteroatoms. The van der Waals surface area contributed by atoms with E-state index in [2.05, 4.69) is 31.0 Å². The summed E-state index contributed by atoms with van der Waals surface area (Å²) in [6, 6.07) is 7.85. The Bertz CT molecular complexity index is 535. The van der Waals surface area contributed by atoms with Crippen LogP contribution in [0.4, 0.5) is 0 Å². The molecule has 0 fully saturated rings. The molecule has 0 saturated heterocycles. The number of hydrogen-bond acceptors (Lipinski definition) is 3. The minimum atomic E-state index is -0.00747. The van der Waals surface area contributed by atoms with Crippen molar-refractivity contribution in [1.29, 1.82) is 0 Å². The van der Waals surface area contributed by atoms with Gasteiger partial charge in [0.15, 0.2) is 5.82 Å². The molecule has 0 atom stereocenters. The molecule has 1 aromatic carbocycles. The van der Waals surface area contributed by atoms with Crippen molar-refractivity contribution >= 4 is 0 Å². The van der Waals surface area contributed by atoms with Crippen LogP contribution in [0.15, 0.2) is 24.3 Å². The molecule has 0 radical (unpaired) electrons. The number of ether oxygens (including phenoxy) is 1. The second kappa shape index (κ2) is 4.44. The average molecular weight is 245 g/mol. The Morgan fingerprint density at radius 3 is 2.11 bits per heavy atom. The molecule has 0 saturated carbocycles. The number of methoxy groups -OCH3 is 1. The summed E-state index contributed by atoms with van der Waals surface area (Å²) in [4.78, 5) is 0. The Balaban J connectivity index is 2.42. The quantitative estimate of drug-likeness (QED) is 0.816. The fourth-order valence-electron chi connectivity index (χ4n) is 1.97. The molecule has 0 aliphatic carbocycles. The lowest BCUT2D eigenvalue weighted by atomic mass is 9.96. The van der Waals surface area contributed by atoms with Crippen molar-refractivity contribution in [3.05, 3.63) is 30.1 Å². The van der Waals surface area contributed by atoms with Gasteiger partial charge in [-0.3, -0.25) is 0 Å². The van der Waals surface area contributed by atoms with E-state index in [0.717, 1.165) is 23.0 Å². The van der Waals surface area contributed by atoms with Crippen LogP contribution in [-0.2, 0) is 12.5 Å². The Morgan fingerprint density at radius 1 is 1.06 bits per heavy atom. The van der Waals surface area contributed by atoms with Crippen molar-refractivity contribution in [2.75, 3.05) is 7.11 Å². The van der Waals surface area contributed by atoms with Crippen LogP contribution in [0.1, 0.15) is 26.6 Å². The van der Waals surface area contributed by atoms with Crippen molar-refractivity contribution in [1.82, 2.24) is 14.8 Å². The highest BCUT2D eigenvalue weighted by molar-refractivity contribution is 5.56. The molecule has 0 bridgehead atoms. The Hall–Kier alpha value is -1.84. The highest BCUT2D eigenvalue weighted by Gasteiger charge is 2.22. The van der Waals surface area contributed by atoms with Crippen molar-refractivity contribution < 1.29 is 4.74 Å². The molecule has 0 spiro atoms. The fraction of sp³-hybridized carbons (Fsp3) is 0.429. The van der Waals surface area contributed by atoms with Crippen molar-refractivity contribution in [2.24, 2.45) is 7.05 Å². The van der Waals surface area contributed by atoms with E-state index in [0.29, 0.717) is 0 Å². The van der Waals surface area contributed by atoms with Gasteiger partial charge in [0.2, 0.25) is 0 Å². The van der Waals surface area contributed by atoms with Gasteiger partial charge in [-0.05, 0) is 24.3 Å². The van der Waals surface area contributed by atoms with E-state index < -0.39 is 0 Å². The molecule has 2 rings (SSSR count). The monoisotopic (exact) mass is 245 g/mol. The van der Waals surface area contributed by atoms with E-state index in [1.165, 1.54) is 0 Å². The Labute approximate surface area is 108 Å². The third-order valence-corrected chi connectivity index (χ3v) is 2.89. The van der Waals surface area contributed by atoms with Gasteiger partial charge in [-0.2, -0.15) is 0 Å². The van der Waals surface area contributed by atoms with Gasteiger partial charge in [0.1, 0.15) is 11.6 Å². The fourth-order valence-corrected chi connectivity index (χ4v) is 1.97. The van der Waals surface area contributed by atoms with Crippen LogP contribution < -0.4 is 4.74 Å². The maximum atomic E-state index is 5.15. The zero-order chi connectivity index (χ0) is 13.3. The van der Waals surface area contributed by atoms with Crippen molar-refractivity contribution in [2.45, 2.75) is 26.2 Å². The van der Waals surface area contributed by atoms with Crippen molar-refractivity contribution in [3.63, 3.8) is 0 Å². The number of rotatable bonds is 2. The molecular weight excluding hydrogens is 226 g/mol. The third-order valence-electron chi connectivity index (χ3n) is 2.89. The van der Waals surface area contributed by atoms with Crippen LogP contribution in [0.2, 0.25) is 0 Å². The minimum absolute atomic E-state index is 0.00747. The first-order chi connectivity index (χ1) is 8.43. The van der Waals surface area contributed by atoms with E-state index in [-0.39, 0.29) is 5.41 Å². The van der Waals surface area contributed by atoms with E-state index in [1.54, 1.807) is 7.11 Å². The van der Waals surface area contributed by atoms with Crippen LogP contribution in [0.3, 0.4) is 0 Å². The van der Waals surface area contributed by atoms with Crippen LogP contribution in [0, 0.1) is 0 Å². The molecule has 1 heterocycles. The van der Waals surface area contributed by atoms with Gasteiger partial charge in [0.25, 0.3) is 0 Å². The minimum Gasteiger partial charge on any atom is -0.497 e. The summed E-state index contributed by atoms with van der Waals surface area (Å²) in [5.41, 5.74) is 1.04. The highest BCUT2D eigenvalue weighted by Crippen LogP contribution is 2.25. The van der Waals surface area contributed by atoms with E-state index in [4.69, 9.17) is 4.74 Å². The summed E-state index contributed by atoms with van der Waals surface area (Å²) in [6.45, 7) is 6.40. The molecule has 0 unspecified atom stereocenters. The highest BCUT2D eigenvalue weighted by atomic mass is 16.5. The SMILES string of the molecule is COc1ccc(-c2nnc(C(C)(C)C)n2C)cc1. The van der Waals surface area contributed by atoms with E-state index >= 15 is 0 Å². The van der Waals surface area contributed by atoms with Gasteiger partial charge in [-0.15, -0.1) is 10.2 Å². The predicted molar refractivity (Wildman–Crippen MR) is 71.7 cm³/mol. The summed E-state index contributed by atoms with van der Waals surface area (Å²) in [5.74, 6) is 2.70. The molecule has 96 valence electrons. The number of benzene rings is 1. The zero-order valence-electron chi connectivity index (χ0n) is 11.6. The average Bonchev–Trinajstić information content (AvgIpc) is 2.71. The molecule has 0 aliphatic rings. The lowest BCUT2D eigenvalue weighted by Crippen LogP contribution is -2.17. The molecule has 0 amide bonds. The van der Waals surface area contributed by atoms with Gasteiger partial charge >= 0.3 is 0 Å². The first-order valence-corrected chi connectivity index (χ1v) is 5.98. The van der Waals surface area contributed by atoms with Crippen LogP contribution in [0.5, 0.6) is 5.75 Å². The first kappa shape index (κ1) is 12.6. The number of hydrogen-bond donors (Lipinski definition) is 0. The van der Waals surface area contributed by atoms with Gasteiger partial charge in [-0.25, -0.2) is 0 Å².